The summed E-state index contributed by atoms with van der Waals surface area (Å²) < 4.78 is 10.3. The molecule has 0 aliphatic carbocycles. The Morgan fingerprint density at radius 3 is 2.46 bits per heavy atom. The van der Waals surface area contributed by atoms with Gasteiger partial charge in [0.15, 0.2) is 6.61 Å². The van der Waals surface area contributed by atoms with E-state index in [0.29, 0.717) is 17.9 Å². The molecular weight excluding hydrogens is 308 g/mol. The average molecular weight is 334 g/mol. The zero-order chi connectivity index (χ0) is 17.8. The first-order valence-electron chi connectivity index (χ1n) is 8.28. The number of amides is 1. The molecule has 0 heterocycles. The molecule has 0 saturated carbocycles. The summed E-state index contributed by atoms with van der Waals surface area (Å²) in [4.78, 5) is 23.2. The van der Waals surface area contributed by atoms with E-state index in [2.05, 4.69) is 17.5 Å². The first kappa shape index (κ1) is 19.7. The van der Waals surface area contributed by atoms with E-state index in [4.69, 9.17) is 9.47 Å². The number of hydrazone groups is 1. The standard InChI is InChI=1S/C18H26N2O4/c1-4-6-7-8-14(3)19-20-17(21)13-24-16-11-9-15(10-12-16)18(22)23-5-2/h9-12H,4-8,13H2,1-3H3,(H,20,21)/b19-14+. The van der Waals surface area contributed by atoms with Crippen molar-refractivity contribution in [1.82, 2.24) is 5.43 Å². The van der Waals surface area contributed by atoms with Gasteiger partial charge in [-0.15, -0.1) is 0 Å². The van der Waals surface area contributed by atoms with Crippen LogP contribution in [0.4, 0.5) is 0 Å². The van der Waals surface area contributed by atoms with Crippen LogP contribution in [-0.2, 0) is 9.53 Å². The van der Waals surface area contributed by atoms with Gasteiger partial charge in [-0.2, -0.15) is 5.10 Å². The molecule has 6 nitrogen and oxygen atoms in total. The van der Waals surface area contributed by atoms with Crippen LogP contribution in [0, 0.1) is 0 Å². The van der Waals surface area contributed by atoms with E-state index in [9.17, 15) is 9.59 Å². The van der Waals surface area contributed by atoms with Crippen molar-refractivity contribution in [1.29, 1.82) is 0 Å². The largest absolute Gasteiger partial charge is 0.484 e. The maximum absolute atomic E-state index is 11.7. The molecular formula is C18H26N2O4. The third-order valence-electron chi connectivity index (χ3n) is 3.25. The molecule has 24 heavy (non-hydrogen) atoms. The molecule has 0 unspecified atom stereocenters. The Morgan fingerprint density at radius 2 is 1.83 bits per heavy atom. The quantitative estimate of drug-likeness (QED) is 0.308. The number of carbonyl (C=O) groups is 2. The highest BCUT2D eigenvalue weighted by Crippen LogP contribution is 2.12. The lowest BCUT2D eigenvalue weighted by atomic mass is 10.1. The minimum absolute atomic E-state index is 0.134. The Hall–Kier alpha value is -2.37. The fraction of sp³-hybridized carbons (Fsp3) is 0.500. The topological polar surface area (TPSA) is 77.0 Å². The predicted molar refractivity (Wildman–Crippen MR) is 93.3 cm³/mol. The van der Waals surface area contributed by atoms with E-state index in [1.807, 2.05) is 6.92 Å². The molecule has 0 bridgehead atoms. The van der Waals surface area contributed by atoms with Crippen molar-refractivity contribution in [2.24, 2.45) is 5.10 Å². The molecule has 1 amide bonds. The van der Waals surface area contributed by atoms with Crippen LogP contribution < -0.4 is 10.2 Å². The van der Waals surface area contributed by atoms with Gasteiger partial charge in [-0.25, -0.2) is 10.2 Å². The van der Waals surface area contributed by atoms with Gasteiger partial charge >= 0.3 is 5.97 Å². The number of hydrogen-bond acceptors (Lipinski definition) is 5. The molecule has 1 N–H and O–H groups in total. The fourth-order valence-corrected chi connectivity index (χ4v) is 1.93. The molecule has 0 aromatic heterocycles. The summed E-state index contributed by atoms with van der Waals surface area (Å²) in [6, 6.07) is 6.44. The van der Waals surface area contributed by atoms with Gasteiger partial charge in [0.05, 0.1) is 12.2 Å². The molecule has 132 valence electrons. The lowest BCUT2D eigenvalue weighted by Crippen LogP contribution is -2.25. The summed E-state index contributed by atoms with van der Waals surface area (Å²) in [6.07, 6.45) is 4.27. The summed E-state index contributed by atoms with van der Waals surface area (Å²) in [5.41, 5.74) is 3.82. The van der Waals surface area contributed by atoms with Gasteiger partial charge in [-0.1, -0.05) is 19.8 Å². The highest BCUT2D eigenvalue weighted by molar-refractivity contribution is 5.89. The molecule has 1 aromatic rings. The number of rotatable bonds is 10. The minimum Gasteiger partial charge on any atom is -0.484 e. The highest BCUT2D eigenvalue weighted by Gasteiger charge is 2.07. The van der Waals surface area contributed by atoms with Crippen LogP contribution in [0.5, 0.6) is 5.75 Å². The second-order valence-electron chi connectivity index (χ2n) is 5.37. The van der Waals surface area contributed by atoms with Gasteiger partial charge in [-0.05, 0) is 51.0 Å². The number of benzene rings is 1. The second-order valence-corrected chi connectivity index (χ2v) is 5.37. The van der Waals surface area contributed by atoms with Gasteiger partial charge in [-0.3, -0.25) is 4.79 Å². The summed E-state index contributed by atoms with van der Waals surface area (Å²) >= 11 is 0. The SMILES string of the molecule is CCCCC/C(C)=N/NC(=O)COc1ccc(C(=O)OCC)cc1. The van der Waals surface area contributed by atoms with Crippen molar-refractivity contribution in [2.75, 3.05) is 13.2 Å². The third-order valence-corrected chi connectivity index (χ3v) is 3.25. The van der Waals surface area contributed by atoms with Crippen molar-refractivity contribution < 1.29 is 19.1 Å². The van der Waals surface area contributed by atoms with Crippen LogP contribution >= 0.6 is 0 Å². The number of unbranched alkanes of at least 4 members (excludes halogenated alkanes) is 2. The monoisotopic (exact) mass is 334 g/mol. The zero-order valence-electron chi connectivity index (χ0n) is 14.6. The Balaban J connectivity index is 2.36. The molecule has 0 aliphatic rings. The number of carbonyl (C=O) groups excluding carboxylic acids is 2. The predicted octanol–water partition coefficient (Wildman–Crippen LogP) is 3.31. The molecule has 6 heteroatoms. The fourth-order valence-electron chi connectivity index (χ4n) is 1.93. The maximum atomic E-state index is 11.7. The van der Waals surface area contributed by atoms with Gasteiger partial charge in [0.1, 0.15) is 5.75 Å². The number of ether oxygens (including phenoxy) is 2. The lowest BCUT2D eigenvalue weighted by Gasteiger charge is -2.07. The Kier molecular flexibility index (Phi) is 9.19. The molecule has 1 aromatic carbocycles. The van der Waals surface area contributed by atoms with E-state index < -0.39 is 0 Å². The van der Waals surface area contributed by atoms with Gasteiger partial charge in [0.25, 0.3) is 5.91 Å². The highest BCUT2D eigenvalue weighted by atomic mass is 16.5. The molecule has 0 spiro atoms. The van der Waals surface area contributed by atoms with Gasteiger partial charge in [0.2, 0.25) is 0 Å². The summed E-state index contributed by atoms with van der Waals surface area (Å²) in [5, 5.41) is 4.04. The first-order chi connectivity index (χ1) is 11.6. The molecule has 0 fully saturated rings. The zero-order valence-corrected chi connectivity index (χ0v) is 14.6. The molecule has 0 aliphatic heterocycles. The van der Waals surface area contributed by atoms with Crippen molar-refractivity contribution in [3.63, 3.8) is 0 Å². The van der Waals surface area contributed by atoms with Crippen LogP contribution in [0.3, 0.4) is 0 Å². The van der Waals surface area contributed by atoms with E-state index in [-0.39, 0.29) is 18.5 Å². The van der Waals surface area contributed by atoms with E-state index >= 15 is 0 Å². The van der Waals surface area contributed by atoms with Gasteiger partial charge < -0.3 is 9.47 Å². The number of nitrogens with one attached hydrogen (secondary N) is 1. The van der Waals surface area contributed by atoms with E-state index in [1.165, 1.54) is 0 Å². The lowest BCUT2D eigenvalue weighted by molar-refractivity contribution is -0.123. The van der Waals surface area contributed by atoms with E-state index in [1.54, 1.807) is 31.2 Å². The average Bonchev–Trinajstić information content (AvgIpc) is 2.59. The molecule has 0 atom stereocenters. The van der Waals surface area contributed by atoms with Crippen molar-refractivity contribution in [3.05, 3.63) is 29.8 Å². The molecule has 0 saturated heterocycles. The van der Waals surface area contributed by atoms with E-state index in [0.717, 1.165) is 31.4 Å². The third kappa shape index (κ3) is 7.76. The Morgan fingerprint density at radius 1 is 1.12 bits per heavy atom. The number of nitrogens with zero attached hydrogens (tertiary/aromatic N) is 1. The van der Waals surface area contributed by atoms with Crippen LogP contribution in [0.25, 0.3) is 0 Å². The summed E-state index contributed by atoms with van der Waals surface area (Å²) in [6.45, 7) is 5.98. The van der Waals surface area contributed by atoms with Crippen molar-refractivity contribution >= 4 is 17.6 Å². The van der Waals surface area contributed by atoms with Crippen molar-refractivity contribution in [3.8, 4) is 5.75 Å². The first-order valence-corrected chi connectivity index (χ1v) is 8.28. The molecule has 1 rings (SSSR count). The number of hydrogen-bond donors (Lipinski definition) is 1. The molecule has 0 radical (unpaired) electrons. The maximum Gasteiger partial charge on any atom is 0.338 e. The Bertz CT molecular complexity index is 553. The minimum atomic E-state index is -0.380. The second kappa shape index (κ2) is 11.2. The van der Waals surface area contributed by atoms with Crippen LogP contribution in [-0.4, -0.2) is 30.8 Å². The van der Waals surface area contributed by atoms with Crippen LogP contribution in [0.2, 0.25) is 0 Å². The Labute approximate surface area is 143 Å². The summed E-state index contributed by atoms with van der Waals surface area (Å²) in [5.74, 6) is -0.198. The number of esters is 1. The summed E-state index contributed by atoms with van der Waals surface area (Å²) in [7, 11) is 0. The smallest absolute Gasteiger partial charge is 0.338 e. The van der Waals surface area contributed by atoms with Crippen molar-refractivity contribution in [2.45, 2.75) is 46.5 Å². The van der Waals surface area contributed by atoms with Crippen LogP contribution in [0.1, 0.15) is 56.8 Å². The normalized spacial score (nSPS) is 11.0. The van der Waals surface area contributed by atoms with Crippen LogP contribution in [0.15, 0.2) is 29.4 Å². The van der Waals surface area contributed by atoms with Gasteiger partial charge in [0, 0.05) is 5.71 Å².